The molecule has 0 heterocycles. The van der Waals surface area contributed by atoms with Crippen LogP contribution in [0.1, 0.15) is 25.0 Å². The van der Waals surface area contributed by atoms with Crippen LogP contribution >= 0.6 is 0 Å². The Morgan fingerprint density at radius 2 is 1.93 bits per heavy atom. The lowest BCUT2D eigenvalue weighted by atomic mass is 10.1. The van der Waals surface area contributed by atoms with Crippen molar-refractivity contribution in [2.75, 3.05) is 6.61 Å². The fraction of sp³-hybridized carbons (Fsp3) is 0.500. The quantitative estimate of drug-likeness (QED) is 0.800. The minimum atomic E-state index is -0.282. The standard InChI is InChI=1S/C12H19NO/c1-9-6-5-7-11(10(9)2)14-8-12(3,4)13/h5-7H,8,13H2,1-4H3. The molecule has 0 bridgehead atoms. The molecule has 0 saturated carbocycles. The molecule has 0 aliphatic carbocycles. The molecule has 0 radical (unpaired) electrons. The number of benzene rings is 1. The molecule has 14 heavy (non-hydrogen) atoms. The second kappa shape index (κ2) is 4.01. The van der Waals surface area contributed by atoms with Gasteiger partial charge in [-0.05, 0) is 44.9 Å². The Morgan fingerprint density at radius 3 is 2.50 bits per heavy atom. The molecule has 0 spiro atoms. The normalized spacial score (nSPS) is 11.5. The summed E-state index contributed by atoms with van der Waals surface area (Å²) >= 11 is 0. The van der Waals surface area contributed by atoms with Crippen molar-refractivity contribution in [2.24, 2.45) is 5.73 Å². The Balaban J connectivity index is 2.73. The predicted octanol–water partition coefficient (Wildman–Crippen LogP) is 2.42. The third kappa shape index (κ3) is 3.04. The van der Waals surface area contributed by atoms with E-state index in [-0.39, 0.29) is 5.54 Å². The number of nitrogens with two attached hydrogens (primary N) is 1. The third-order valence-corrected chi connectivity index (χ3v) is 2.15. The molecule has 2 nitrogen and oxygen atoms in total. The Labute approximate surface area is 86.1 Å². The Bertz CT molecular complexity index is 313. The fourth-order valence-electron chi connectivity index (χ4n) is 1.14. The summed E-state index contributed by atoms with van der Waals surface area (Å²) in [5, 5.41) is 0. The summed E-state index contributed by atoms with van der Waals surface area (Å²) < 4.78 is 5.66. The van der Waals surface area contributed by atoms with Crippen molar-refractivity contribution in [3.8, 4) is 5.75 Å². The maximum Gasteiger partial charge on any atom is 0.122 e. The van der Waals surface area contributed by atoms with Gasteiger partial charge < -0.3 is 10.5 Å². The Hall–Kier alpha value is -1.02. The first-order chi connectivity index (χ1) is 6.40. The van der Waals surface area contributed by atoms with E-state index in [1.807, 2.05) is 26.0 Å². The van der Waals surface area contributed by atoms with Crippen molar-refractivity contribution in [3.63, 3.8) is 0 Å². The van der Waals surface area contributed by atoms with Crippen molar-refractivity contribution in [2.45, 2.75) is 33.2 Å². The molecule has 0 aliphatic rings. The van der Waals surface area contributed by atoms with Gasteiger partial charge in [-0.25, -0.2) is 0 Å². The van der Waals surface area contributed by atoms with Crippen LogP contribution < -0.4 is 10.5 Å². The lowest BCUT2D eigenvalue weighted by Crippen LogP contribution is -2.38. The van der Waals surface area contributed by atoms with Crippen LogP contribution in [0.2, 0.25) is 0 Å². The maximum atomic E-state index is 5.85. The largest absolute Gasteiger partial charge is 0.491 e. The van der Waals surface area contributed by atoms with Gasteiger partial charge in [-0.3, -0.25) is 0 Å². The first-order valence-corrected chi connectivity index (χ1v) is 4.88. The van der Waals surface area contributed by atoms with Gasteiger partial charge in [0.25, 0.3) is 0 Å². The van der Waals surface area contributed by atoms with E-state index in [1.54, 1.807) is 0 Å². The topological polar surface area (TPSA) is 35.2 Å². The van der Waals surface area contributed by atoms with Gasteiger partial charge in [0.05, 0.1) is 0 Å². The Kier molecular flexibility index (Phi) is 3.17. The van der Waals surface area contributed by atoms with Crippen LogP contribution in [0.5, 0.6) is 5.75 Å². The number of aryl methyl sites for hydroxylation is 1. The molecule has 0 amide bonds. The average molecular weight is 193 g/mol. The molecular formula is C12H19NO. The smallest absolute Gasteiger partial charge is 0.122 e. The summed E-state index contributed by atoms with van der Waals surface area (Å²) in [5.41, 5.74) is 8.00. The van der Waals surface area contributed by atoms with E-state index in [4.69, 9.17) is 10.5 Å². The van der Waals surface area contributed by atoms with Crippen LogP contribution in [0.3, 0.4) is 0 Å². The molecule has 1 rings (SSSR count). The molecule has 0 fully saturated rings. The lowest BCUT2D eigenvalue weighted by Gasteiger charge is -2.20. The molecule has 1 aromatic rings. The fourth-order valence-corrected chi connectivity index (χ4v) is 1.14. The zero-order valence-corrected chi connectivity index (χ0v) is 9.42. The molecule has 0 saturated heterocycles. The van der Waals surface area contributed by atoms with Crippen LogP contribution in [0.4, 0.5) is 0 Å². The highest BCUT2D eigenvalue weighted by Gasteiger charge is 2.12. The molecule has 0 atom stereocenters. The van der Waals surface area contributed by atoms with Gasteiger partial charge in [0.1, 0.15) is 12.4 Å². The molecular weight excluding hydrogens is 174 g/mol. The summed E-state index contributed by atoms with van der Waals surface area (Å²) in [6.07, 6.45) is 0. The molecule has 1 aromatic carbocycles. The molecule has 2 N–H and O–H groups in total. The number of ether oxygens (including phenoxy) is 1. The minimum absolute atomic E-state index is 0.282. The SMILES string of the molecule is Cc1cccc(OCC(C)(C)N)c1C. The van der Waals surface area contributed by atoms with Crippen molar-refractivity contribution in [1.82, 2.24) is 0 Å². The van der Waals surface area contributed by atoms with E-state index in [1.165, 1.54) is 11.1 Å². The summed E-state index contributed by atoms with van der Waals surface area (Å²) in [7, 11) is 0. The summed E-state index contributed by atoms with van der Waals surface area (Å²) in [6, 6.07) is 6.06. The van der Waals surface area contributed by atoms with Crippen molar-refractivity contribution in [1.29, 1.82) is 0 Å². The highest BCUT2D eigenvalue weighted by molar-refractivity contribution is 5.38. The first-order valence-electron chi connectivity index (χ1n) is 4.88. The van der Waals surface area contributed by atoms with Crippen LogP contribution in [0.15, 0.2) is 18.2 Å². The zero-order valence-electron chi connectivity index (χ0n) is 9.42. The summed E-state index contributed by atoms with van der Waals surface area (Å²) in [5.74, 6) is 0.934. The van der Waals surface area contributed by atoms with E-state index >= 15 is 0 Å². The second-order valence-corrected chi connectivity index (χ2v) is 4.48. The van der Waals surface area contributed by atoms with E-state index in [2.05, 4.69) is 19.9 Å². The minimum Gasteiger partial charge on any atom is -0.491 e. The van der Waals surface area contributed by atoms with E-state index in [9.17, 15) is 0 Å². The highest BCUT2D eigenvalue weighted by atomic mass is 16.5. The average Bonchev–Trinajstić information content (AvgIpc) is 2.06. The van der Waals surface area contributed by atoms with Crippen LogP contribution in [0.25, 0.3) is 0 Å². The van der Waals surface area contributed by atoms with Crippen molar-refractivity contribution in [3.05, 3.63) is 29.3 Å². The summed E-state index contributed by atoms with van der Waals surface area (Å²) in [6.45, 7) is 8.59. The van der Waals surface area contributed by atoms with E-state index in [0.29, 0.717) is 6.61 Å². The molecule has 0 aliphatic heterocycles. The summed E-state index contributed by atoms with van der Waals surface area (Å²) in [4.78, 5) is 0. The van der Waals surface area contributed by atoms with Gasteiger partial charge in [-0.1, -0.05) is 12.1 Å². The van der Waals surface area contributed by atoms with Gasteiger partial charge in [0, 0.05) is 5.54 Å². The number of rotatable bonds is 3. The molecule has 2 heteroatoms. The molecule has 78 valence electrons. The van der Waals surface area contributed by atoms with Gasteiger partial charge in [0.2, 0.25) is 0 Å². The second-order valence-electron chi connectivity index (χ2n) is 4.48. The van der Waals surface area contributed by atoms with Gasteiger partial charge in [-0.2, -0.15) is 0 Å². The monoisotopic (exact) mass is 193 g/mol. The first kappa shape index (κ1) is 11.1. The Morgan fingerprint density at radius 1 is 1.29 bits per heavy atom. The van der Waals surface area contributed by atoms with Gasteiger partial charge in [-0.15, -0.1) is 0 Å². The van der Waals surface area contributed by atoms with Gasteiger partial charge in [0.15, 0.2) is 0 Å². The van der Waals surface area contributed by atoms with Gasteiger partial charge >= 0.3 is 0 Å². The molecule has 0 unspecified atom stereocenters. The maximum absolute atomic E-state index is 5.85. The van der Waals surface area contributed by atoms with Crippen LogP contribution in [-0.2, 0) is 0 Å². The number of hydrogen-bond acceptors (Lipinski definition) is 2. The van der Waals surface area contributed by atoms with Crippen molar-refractivity contribution < 1.29 is 4.74 Å². The lowest BCUT2D eigenvalue weighted by molar-refractivity contribution is 0.242. The third-order valence-electron chi connectivity index (χ3n) is 2.15. The zero-order chi connectivity index (χ0) is 10.8. The van der Waals surface area contributed by atoms with Crippen LogP contribution in [-0.4, -0.2) is 12.1 Å². The number of hydrogen-bond donors (Lipinski definition) is 1. The predicted molar refractivity (Wildman–Crippen MR) is 59.7 cm³/mol. The van der Waals surface area contributed by atoms with Crippen molar-refractivity contribution >= 4 is 0 Å². The highest BCUT2D eigenvalue weighted by Crippen LogP contribution is 2.21. The van der Waals surface area contributed by atoms with E-state index in [0.717, 1.165) is 5.75 Å². The van der Waals surface area contributed by atoms with Crippen LogP contribution in [0, 0.1) is 13.8 Å². The van der Waals surface area contributed by atoms with E-state index < -0.39 is 0 Å². The molecule has 0 aromatic heterocycles.